The van der Waals surface area contributed by atoms with Crippen molar-refractivity contribution in [1.82, 2.24) is 4.90 Å². The molecule has 2 atom stereocenters. The van der Waals surface area contributed by atoms with Gasteiger partial charge in [-0.2, -0.15) is 0 Å². The van der Waals surface area contributed by atoms with E-state index in [-0.39, 0.29) is 17.7 Å². The minimum atomic E-state index is -0.789. The molecule has 1 rings (SSSR count). The fraction of sp³-hybridized carbons (Fsp3) is 0.857. The molecule has 2 unspecified atom stereocenters. The molecule has 1 N–H and O–H groups in total. The van der Waals surface area contributed by atoms with Gasteiger partial charge in [-0.15, -0.1) is 0 Å². The Morgan fingerprint density at radius 1 is 1.10 bits per heavy atom. The average molecular weight is 287 g/mol. The highest BCUT2D eigenvalue weighted by Gasteiger charge is 2.33. The molecule has 0 radical (unpaired) electrons. The molecule has 116 valence electrons. The van der Waals surface area contributed by atoms with Crippen molar-refractivity contribution in [3.05, 3.63) is 0 Å². The summed E-state index contributed by atoms with van der Waals surface area (Å²) in [6, 6.07) is 0. The molecular formula is C14H25NO5. The lowest BCUT2D eigenvalue weighted by molar-refractivity contribution is -0.145. The van der Waals surface area contributed by atoms with Crippen molar-refractivity contribution in [2.45, 2.75) is 25.7 Å². The molecule has 0 saturated heterocycles. The lowest BCUT2D eigenvalue weighted by Crippen LogP contribution is -2.42. The molecule has 6 heteroatoms. The molecule has 6 nitrogen and oxygen atoms in total. The minimum absolute atomic E-state index is 0.0325. The minimum Gasteiger partial charge on any atom is -0.481 e. The second-order valence-corrected chi connectivity index (χ2v) is 5.21. The van der Waals surface area contributed by atoms with Gasteiger partial charge in [-0.05, 0) is 19.3 Å². The average Bonchev–Trinajstić information content (AvgIpc) is 2.47. The molecule has 0 spiro atoms. The molecule has 1 amide bonds. The number of hydrogen-bond acceptors (Lipinski definition) is 4. The molecule has 0 aromatic rings. The number of aliphatic carboxylic acids is 1. The van der Waals surface area contributed by atoms with E-state index in [4.69, 9.17) is 14.6 Å². The molecule has 1 saturated carbocycles. The Balaban J connectivity index is 2.59. The number of rotatable bonds is 8. The summed E-state index contributed by atoms with van der Waals surface area (Å²) in [5.41, 5.74) is 0. The Labute approximate surface area is 120 Å². The van der Waals surface area contributed by atoms with Crippen molar-refractivity contribution in [3.8, 4) is 0 Å². The fourth-order valence-electron chi connectivity index (χ4n) is 2.63. The fourth-order valence-corrected chi connectivity index (χ4v) is 2.63. The predicted octanol–water partition coefficient (Wildman–Crippen LogP) is 0.999. The second-order valence-electron chi connectivity index (χ2n) is 5.21. The van der Waals surface area contributed by atoms with Crippen molar-refractivity contribution in [3.63, 3.8) is 0 Å². The van der Waals surface area contributed by atoms with Gasteiger partial charge >= 0.3 is 5.97 Å². The zero-order chi connectivity index (χ0) is 15.0. The largest absolute Gasteiger partial charge is 0.481 e. The first-order valence-electron chi connectivity index (χ1n) is 7.09. The van der Waals surface area contributed by atoms with E-state index in [1.54, 1.807) is 19.1 Å². The summed E-state index contributed by atoms with van der Waals surface area (Å²) < 4.78 is 10.0. The first kappa shape index (κ1) is 16.9. The topological polar surface area (TPSA) is 76.1 Å². The van der Waals surface area contributed by atoms with E-state index >= 15 is 0 Å². The maximum absolute atomic E-state index is 12.5. The Kier molecular flexibility index (Phi) is 7.54. The van der Waals surface area contributed by atoms with Crippen LogP contribution in [0.25, 0.3) is 0 Å². The van der Waals surface area contributed by atoms with Crippen LogP contribution in [0.2, 0.25) is 0 Å². The molecule has 1 aliphatic carbocycles. The third-order valence-electron chi connectivity index (χ3n) is 3.82. The molecule has 1 aliphatic rings. The zero-order valence-corrected chi connectivity index (χ0v) is 12.3. The summed E-state index contributed by atoms with van der Waals surface area (Å²) in [6.45, 7) is 1.99. The highest BCUT2D eigenvalue weighted by atomic mass is 16.5. The molecule has 1 fully saturated rings. The summed E-state index contributed by atoms with van der Waals surface area (Å²) in [5.74, 6) is -1.32. The van der Waals surface area contributed by atoms with Crippen molar-refractivity contribution in [2.75, 3.05) is 40.5 Å². The Morgan fingerprint density at radius 3 is 2.15 bits per heavy atom. The maximum Gasteiger partial charge on any atom is 0.306 e. The number of carboxylic acids is 1. The van der Waals surface area contributed by atoms with Crippen molar-refractivity contribution in [2.24, 2.45) is 11.8 Å². The maximum atomic E-state index is 12.5. The molecule has 0 aromatic carbocycles. The Morgan fingerprint density at radius 2 is 1.65 bits per heavy atom. The highest BCUT2D eigenvalue weighted by molar-refractivity contribution is 5.80. The van der Waals surface area contributed by atoms with Gasteiger partial charge in [0.1, 0.15) is 0 Å². The van der Waals surface area contributed by atoms with E-state index in [0.717, 1.165) is 12.8 Å². The van der Waals surface area contributed by atoms with Gasteiger partial charge in [-0.25, -0.2) is 0 Å². The number of methoxy groups -OCH3 is 2. The van der Waals surface area contributed by atoms with Crippen LogP contribution < -0.4 is 0 Å². The SMILES string of the molecule is COCCN(CCOC)C(=O)C1CCCC(C(=O)O)C1. The third kappa shape index (κ3) is 5.09. The van der Waals surface area contributed by atoms with Crippen molar-refractivity contribution >= 4 is 11.9 Å². The second kappa shape index (κ2) is 8.92. The first-order chi connectivity index (χ1) is 9.60. The molecule has 0 aliphatic heterocycles. The van der Waals surface area contributed by atoms with Gasteiger partial charge in [0, 0.05) is 33.2 Å². The Hall–Kier alpha value is -1.14. The van der Waals surface area contributed by atoms with Crippen LogP contribution in [0.5, 0.6) is 0 Å². The number of amides is 1. The van der Waals surface area contributed by atoms with Gasteiger partial charge in [-0.1, -0.05) is 6.42 Å². The molecule has 0 aromatic heterocycles. The predicted molar refractivity (Wildman–Crippen MR) is 73.4 cm³/mol. The van der Waals surface area contributed by atoms with Crippen LogP contribution in [0, 0.1) is 11.8 Å². The lowest BCUT2D eigenvalue weighted by Gasteiger charge is -2.31. The van der Waals surface area contributed by atoms with Crippen LogP contribution >= 0.6 is 0 Å². The van der Waals surface area contributed by atoms with Gasteiger partial charge in [0.2, 0.25) is 5.91 Å². The molecule has 0 bridgehead atoms. The number of ether oxygens (including phenoxy) is 2. The summed E-state index contributed by atoms with van der Waals surface area (Å²) in [4.78, 5) is 25.3. The third-order valence-corrected chi connectivity index (χ3v) is 3.82. The van der Waals surface area contributed by atoms with Crippen LogP contribution in [0.1, 0.15) is 25.7 Å². The zero-order valence-electron chi connectivity index (χ0n) is 12.3. The highest BCUT2D eigenvalue weighted by Crippen LogP contribution is 2.30. The van der Waals surface area contributed by atoms with Crippen molar-refractivity contribution < 1.29 is 24.2 Å². The van der Waals surface area contributed by atoms with Crippen molar-refractivity contribution in [1.29, 1.82) is 0 Å². The summed E-state index contributed by atoms with van der Waals surface area (Å²) in [7, 11) is 3.19. The van der Waals surface area contributed by atoms with Gasteiger partial charge in [0.25, 0.3) is 0 Å². The summed E-state index contributed by atoms with van der Waals surface area (Å²) in [5, 5.41) is 9.09. The van der Waals surface area contributed by atoms with Crippen LogP contribution in [0.4, 0.5) is 0 Å². The monoisotopic (exact) mass is 287 g/mol. The van der Waals surface area contributed by atoms with E-state index in [0.29, 0.717) is 39.1 Å². The van der Waals surface area contributed by atoms with Gasteiger partial charge < -0.3 is 19.5 Å². The van der Waals surface area contributed by atoms with Gasteiger partial charge in [0.05, 0.1) is 19.1 Å². The molecule has 0 heterocycles. The van der Waals surface area contributed by atoms with Crippen LogP contribution in [0.15, 0.2) is 0 Å². The quantitative estimate of drug-likeness (QED) is 0.720. The molecule has 20 heavy (non-hydrogen) atoms. The smallest absolute Gasteiger partial charge is 0.306 e. The van der Waals surface area contributed by atoms with E-state index < -0.39 is 5.97 Å². The number of hydrogen-bond donors (Lipinski definition) is 1. The van der Waals surface area contributed by atoms with E-state index in [2.05, 4.69) is 0 Å². The standard InChI is InChI=1S/C14H25NO5/c1-19-8-6-15(7-9-20-2)13(16)11-4-3-5-12(10-11)14(17)18/h11-12H,3-10H2,1-2H3,(H,17,18). The van der Waals surface area contributed by atoms with Gasteiger partial charge in [-0.3, -0.25) is 9.59 Å². The van der Waals surface area contributed by atoms with Gasteiger partial charge in [0.15, 0.2) is 0 Å². The van der Waals surface area contributed by atoms with Crippen LogP contribution in [0.3, 0.4) is 0 Å². The van der Waals surface area contributed by atoms with Crippen LogP contribution in [-0.2, 0) is 19.1 Å². The summed E-state index contributed by atoms with van der Waals surface area (Å²) >= 11 is 0. The number of carbonyl (C=O) groups is 2. The van der Waals surface area contributed by atoms with E-state index in [9.17, 15) is 9.59 Å². The first-order valence-corrected chi connectivity index (χ1v) is 7.09. The normalized spacial score (nSPS) is 22.5. The Bertz CT molecular complexity index is 313. The van der Waals surface area contributed by atoms with E-state index in [1.807, 2.05) is 0 Å². The number of carboxylic acid groups (broad SMARTS) is 1. The number of carbonyl (C=O) groups excluding carboxylic acids is 1. The van der Waals surface area contributed by atoms with E-state index in [1.165, 1.54) is 0 Å². The van der Waals surface area contributed by atoms with Crippen LogP contribution in [-0.4, -0.2) is 62.4 Å². The molecular weight excluding hydrogens is 262 g/mol. The lowest BCUT2D eigenvalue weighted by atomic mass is 9.80. The number of nitrogens with zero attached hydrogens (tertiary/aromatic N) is 1. The summed E-state index contributed by atoms with van der Waals surface area (Å²) in [6.07, 6.45) is 2.70.